The average Bonchev–Trinajstić information content (AvgIpc) is 3.21. The molecule has 1 aromatic carbocycles. The van der Waals surface area contributed by atoms with Crippen molar-refractivity contribution in [3.63, 3.8) is 0 Å². The van der Waals surface area contributed by atoms with Gasteiger partial charge in [0.05, 0.1) is 12.1 Å². The summed E-state index contributed by atoms with van der Waals surface area (Å²) in [5.41, 5.74) is 2.07. The molecule has 158 valence electrons. The largest absolute Gasteiger partial charge is 0.421 e. The third-order valence-corrected chi connectivity index (χ3v) is 6.35. The summed E-state index contributed by atoms with van der Waals surface area (Å²) in [6, 6.07) is 6.00. The summed E-state index contributed by atoms with van der Waals surface area (Å²) in [7, 11) is 0. The smallest absolute Gasteiger partial charge is 0.367 e. The highest BCUT2D eigenvalue weighted by Crippen LogP contribution is 2.53. The molecule has 2 aromatic rings. The van der Waals surface area contributed by atoms with Crippen molar-refractivity contribution in [2.45, 2.75) is 63.3 Å². The maximum Gasteiger partial charge on any atom is 0.421 e. The third kappa shape index (κ3) is 3.16. The van der Waals surface area contributed by atoms with E-state index in [4.69, 9.17) is 0 Å². The molecule has 5 rings (SSSR count). The van der Waals surface area contributed by atoms with Crippen LogP contribution < -0.4 is 10.6 Å². The summed E-state index contributed by atoms with van der Waals surface area (Å²) in [5, 5.41) is 5.94. The summed E-state index contributed by atoms with van der Waals surface area (Å²) in [6.45, 7) is 1.59. The number of carbonyl (C=O) groups is 1. The topological polar surface area (TPSA) is 70.2 Å². The molecule has 6 nitrogen and oxygen atoms in total. The molecule has 1 aliphatic carbocycles. The minimum absolute atomic E-state index is 0.0157. The zero-order valence-electron chi connectivity index (χ0n) is 16.5. The number of fused-ring (bicyclic) bond motifs is 5. The normalized spacial score (nSPS) is 22.6. The van der Waals surface area contributed by atoms with Crippen LogP contribution in [0.25, 0.3) is 0 Å². The van der Waals surface area contributed by atoms with Crippen LogP contribution in [-0.2, 0) is 11.0 Å². The van der Waals surface area contributed by atoms with Crippen molar-refractivity contribution in [1.29, 1.82) is 0 Å². The van der Waals surface area contributed by atoms with Crippen LogP contribution in [0.5, 0.6) is 0 Å². The van der Waals surface area contributed by atoms with E-state index >= 15 is 0 Å². The number of nitrogens with one attached hydrogen (secondary N) is 2. The van der Waals surface area contributed by atoms with Gasteiger partial charge in [-0.05, 0) is 55.4 Å². The monoisotopic (exact) mass is 417 g/mol. The van der Waals surface area contributed by atoms with Crippen molar-refractivity contribution in [2.24, 2.45) is 0 Å². The van der Waals surface area contributed by atoms with E-state index in [0.29, 0.717) is 5.69 Å². The van der Waals surface area contributed by atoms with Crippen LogP contribution in [0.15, 0.2) is 24.4 Å². The number of carbonyl (C=O) groups excluding carboxylic acids is 1. The fourth-order valence-electron chi connectivity index (χ4n) is 4.74. The molecule has 1 saturated carbocycles. The van der Waals surface area contributed by atoms with Crippen LogP contribution in [0.2, 0.25) is 0 Å². The molecule has 2 bridgehead atoms. The Morgan fingerprint density at radius 3 is 2.50 bits per heavy atom. The number of rotatable bonds is 4. The van der Waals surface area contributed by atoms with Crippen molar-refractivity contribution >= 4 is 23.4 Å². The van der Waals surface area contributed by atoms with Crippen LogP contribution in [-0.4, -0.2) is 26.8 Å². The molecule has 1 saturated heterocycles. The second-order valence-corrected chi connectivity index (χ2v) is 8.23. The van der Waals surface area contributed by atoms with Gasteiger partial charge in [-0.25, -0.2) is 4.98 Å². The van der Waals surface area contributed by atoms with Crippen LogP contribution in [0, 0.1) is 0 Å². The predicted octanol–water partition coefficient (Wildman–Crippen LogP) is 4.94. The number of amides is 1. The van der Waals surface area contributed by atoms with E-state index in [1.165, 1.54) is 0 Å². The van der Waals surface area contributed by atoms with Crippen LogP contribution in [0.3, 0.4) is 0 Å². The Hall–Kier alpha value is -2.84. The van der Waals surface area contributed by atoms with Gasteiger partial charge in [-0.1, -0.05) is 6.07 Å². The molecule has 0 unspecified atom stereocenters. The summed E-state index contributed by atoms with van der Waals surface area (Å²) >= 11 is 0. The van der Waals surface area contributed by atoms with Gasteiger partial charge in [0.2, 0.25) is 11.9 Å². The van der Waals surface area contributed by atoms with Gasteiger partial charge in [-0.3, -0.25) is 4.79 Å². The highest BCUT2D eigenvalue weighted by atomic mass is 19.4. The lowest BCUT2D eigenvalue weighted by molar-refractivity contribution is -0.137. The Balaban J connectivity index is 1.42. The summed E-state index contributed by atoms with van der Waals surface area (Å²) in [5.74, 6) is -0.0185. The fourth-order valence-corrected chi connectivity index (χ4v) is 4.74. The molecule has 1 amide bonds. The lowest BCUT2D eigenvalue weighted by Crippen LogP contribution is -2.29. The lowest BCUT2D eigenvalue weighted by Gasteiger charge is -2.28. The Morgan fingerprint density at radius 1 is 1.13 bits per heavy atom. The number of nitrogens with zero attached hydrogens (tertiary/aromatic N) is 3. The Bertz CT molecular complexity index is 1000. The summed E-state index contributed by atoms with van der Waals surface area (Å²) in [6.07, 6.45) is 0.865. The molecule has 0 radical (unpaired) electrons. The van der Waals surface area contributed by atoms with Crippen LogP contribution >= 0.6 is 0 Å². The van der Waals surface area contributed by atoms with Gasteiger partial charge in [0, 0.05) is 24.8 Å². The highest BCUT2D eigenvalue weighted by molar-refractivity contribution is 5.77. The molecule has 2 N–H and O–H groups in total. The molecule has 9 heteroatoms. The molecule has 30 heavy (non-hydrogen) atoms. The molecular weight excluding hydrogens is 395 g/mol. The van der Waals surface area contributed by atoms with E-state index in [2.05, 4.69) is 20.6 Å². The molecule has 3 heterocycles. The first-order chi connectivity index (χ1) is 14.3. The van der Waals surface area contributed by atoms with Crippen molar-refractivity contribution in [1.82, 2.24) is 14.9 Å². The molecule has 1 aromatic heterocycles. The van der Waals surface area contributed by atoms with Crippen LogP contribution in [0.4, 0.5) is 30.6 Å². The zero-order valence-corrected chi connectivity index (χ0v) is 16.5. The SMILES string of the molecule is CC(=O)N1[C@@H]2CC[C@H]1c1cc(Nc3ncc(C(F)(F)F)c(NC4CCC4)n3)ccc12. The highest BCUT2D eigenvalue weighted by Gasteiger charge is 2.45. The van der Waals surface area contributed by atoms with Crippen molar-refractivity contribution in [3.8, 4) is 0 Å². The third-order valence-electron chi connectivity index (χ3n) is 6.35. The molecular formula is C21H22F3N5O. The first kappa shape index (κ1) is 19.1. The van der Waals surface area contributed by atoms with Gasteiger partial charge in [0.1, 0.15) is 11.4 Å². The second kappa shape index (κ2) is 6.85. The number of hydrogen-bond donors (Lipinski definition) is 2. The van der Waals surface area contributed by atoms with Crippen LogP contribution in [0.1, 0.15) is 67.8 Å². The standard InChI is InChI=1S/C21H22F3N5O/c1-11(30)29-17-7-8-18(29)15-9-13(5-6-14(15)17)27-20-25-10-16(21(22,23)24)19(28-20)26-12-3-2-4-12/h5-6,9-10,12,17-18H,2-4,7-8H2,1H3,(H2,25,26,27,28)/t17-,18+/m1/s1. The van der Waals surface area contributed by atoms with E-state index < -0.39 is 11.7 Å². The van der Waals surface area contributed by atoms with Gasteiger partial charge < -0.3 is 15.5 Å². The predicted molar refractivity (Wildman–Crippen MR) is 105 cm³/mol. The van der Waals surface area contributed by atoms with E-state index in [-0.39, 0.29) is 35.8 Å². The van der Waals surface area contributed by atoms with Crippen molar-refractivity contribution in [2.75, 3.05) is 10.6 Å². The summed E-state index contributed by atoms with van der Waals surface area (Å²) in [4.78, 5) is 21.9. The zero-order chi connectivity index (χ0) is 21.0. The maximum atomic E-state index is 13.3. The van der Waals surface area contributed by atoms with E-state index in [1.54, 1.807) is 6.92 Å². The number of aromatic nitrogens is 2. The average molecular weight is 417 g/mol. The van der Waals surface area contributed by atoms with E-state index in [9.17, 15) is 18.0 Å². The Kier molecular flexibility index (Phi) is 4.37. The van der Waals surface area contributed by atoms with Gasteiger partial charge >= 0.3 is 6.18 Å². The van der Waals surface area contributed by atoms with Crippen molar-refractivity contribution < 1.29 is 18.0 Å². The number of hydrogen-bond acceptors (Lipinski definition) is 5. The Morgan fingerprint density at radius 2 is 1.87 bits per heavy atom. The quantitative estimate of drug-likeness (QED) is 0.737. The minimum Gasteiger partial charge on any atom is -0.367 e. The molecule has 2 fully saturated rings. The van der Waals surface area contributed by atoms with Gasteiger partial charge in [0.15, 0.2) is 0 Å². The minimum atomic E-state index is -4.52. The van der Waals surface area contributed by atoms with Gasteiger partial charge in [-0.15, -0.1) is 0 Å². The van der Waals surface area contributed by atoms with Crippen molar-refractivity contribution in [3.05, 3.63) is 41.1 Å². The number of alkyl halides is 3. The molecule has 3 aliphatic rings. The second-order valence-electron chi connectivity index (χ2n) is 8.23. The first-order valence-corrected chi connectivity index (χ1v) is 10.2. The van der Waals surface area contributed by atoms with Gasteiger partial charge in [0.25, 0.3) is 0 Å². The van der Waals surface area contributed by atoms with E-state index in [1.807, 2.05) is 23.1 Å². The first-order valence-electron chi connectivity index (χ1n) is 10.2. The lowest BCUT2D eigenvalue weighted by atomic mass is 9.91. The fraction of sp³-hybridized carbons (Fsp3) is 0.476. The molecule has 2 aliphatic heterocycles. The van der Waals surface area contributed by atoms with Gasteiger partial charge in [-0.2, -0.15) is 18.2 Å². The number of halogens is 3. The van der Waals surface area contributed by atoms with E-state index in [0.717, 1.165) is 49.4 Å². The molecule has 2 atom stereocenters. The maximum absolute atomic E-state index is 13.3. The number of benzene rings is 1. The summed E-state index contributed by atoms with van der Waals surface area (Å²) < 4.78 is 40.0. The Labute approximate surface area is 171 Å². The number of anilines is 3. The molecule has 0 spiro atoms.